The summed E-state index contributed by atoms with van der Waals surface area (Å²) < 4.78 is 21.7. The van der Waals surface area contributed by atoms with Crippen molar-refractivity contribution in [3.8, 4) is 17.6 Å². The van der Waals surface area contributed by atoms with E-state index in [1.807, 2.05) is 61.2 Å². The molecule has 1 fully saturated rings. The predicted molar refractivity (Wildman–Crippen MR) is 236 cm³/mol. The van der Waals surface area contributed by atoms with Crippen molar-refractivity contribution in [3.05, 3.63) is 76.0 Å². The fraction of sp³-hybridized carbons (Fsp3) is 0.465. The van der Waals surface area contributed by atoms with Gasteiger partial charge in [0.25, 0.3) is 0 Å². The number of carbonyl (C=O) groups is 1. The number of rotatable bonds is 19. The summed E-state index contributed by atoms with van der Waals surface area (Å²) in [5.74, 6) is 5.69. The summed E-state index contributed by atoms with van der Waals surface area (Å²) in [4.78, 5) is 29.0. The topological polar surface area (TPSA) is 126 Å². The number of halogens is 1. The molecule has 0 amide bonds. The van der Waals surface area contributed by atoms with Gasteiger partial charge in [-0.25, -0.2) is 29.2 Å². The van der Waals surface area contributed by atoms with Crippen molar-refractivity contribution in [2.24, 2.45) is 0 Å². The van der Waals surface area contributed by atoms with Crippen LogP contribution in [-0.2, 0) is 6.42 Å². The van der Waals surface area contributed by atoms with Gasteiger partial charge in [0.2, 0.25) is 0 Å². The minimum Gasteiger partial charge on any atom is -0.491 e. The number of thiazole rings is 2. The summed E-state index contributed by atoms with van der Waals surface area (Å²) in [5, 5.41) is 29.3. The third kappa shape index (κ3) is 11.7. The van der Waals surface area contributed by atoms with E-state index in [-0.39, 0.29) is 24.1 Å². The molecular formula is C43H55FN10O3S2. The number of ether oxygens (including phenoxy) is 1. The zero-order valence-electron chi connectivity index (χ0n) is 34.9. The van der Waals surface area contributed by atoms with E-state index in [2.05, 4.69) is 58.1 Å². The highest BCUT2D eigenvalue weighted by Crippen LogP contribution is 2.35. The van der Waals surface area contributed by atoms with Gasteiger partial charge in [0.15, 0.2) is 39.2 Å². The first-order chi connectivity index (χ1) is 28.5. The van der Waals surface area contributed by atoms with Crippen molar-refractivity contribution in [3.63, 3.8) is 0 Å². The number of piperazine rings is 1. The number of benzene rings is 2. The van der Waals surface area contributed by atoms with Crippen LogP contribution >= 0.6 is 22.7 Å². The minimum absolute atomic E-state index is 0.00211. The second kappa shape index (κ2) is 21.0. The summed E-state index contributed by atoms with van der Waals surface area (Å²) in [7, 11) is 6.02. The Morgan fingerprint density at radius 1 is 1.05 bits per heavy atom. The Bertz CT molecular complexity index is 2200. The van der Waals surface area contributed by atoms with Gasteiger partial charge in [0.05, 0.1) is 23.4 Å². The van der Waals surface area contributed by atoms with Crippen molar-refractivity contribution >= 4 is 60.8 Å². The van der Waals surface area contributed by atoms with Crippen molar-refractivity contribution in [2.75, 3.05) is 83.8 Å². The molecule has 0 bridgehead atoms. The van der Waals surface area contributed by atoms with Crippen molar-refractivity contribution < 1.29 is 19.0 Å². The summed E-state index contributed by atoms with van der Waals surface area (Å²) >= 11 is 2.89. The molecule has 2 N–H and O–H groups in total. The van der Waals surface area contributed by atoms with E-state index in [0.717, 1.165) is 72.9 Å². The van der Waals surface area contributed by atoms with Crippen molar-refractivity contribution in [2.45, 2.75) is 58.9 Å². The van der Waals surface area contributed by atoms with E-state index in [0.29, 0.717) is 53.1 Å². The molecule has 1 saturated heterocycles. The lowest BCUT2D eigenvalue weighted by molar-refractivity contribution is -0.0859. The van der Waals surface area contributed by atoms with Gasteiger partial charge < -0.3 is 25.0 Å². The molecule has 2 aromatic carbocycles. The van der Waals surface area contributed by atoms with E-state index < -0.39 is 11.8 Å². The number of carboxylic acids is 1. The van der Waals surface area contributed by atoms with Gasteiger partial charge in [-0.05, 0) is 102 Å². The molecule has 314 valence electrons. The highest BCUT2D eigenvalue weighted by Gasteiger charge is 2.28. The summed E-state index contributed by atoms with van der Waals surface area (Å²) in [6, 6.07) is 14.9. The van der Waals surface area contributed by atoms with Crippen LogP contribution < -0.4 is 15.0 Å². The van der Waals surface area contributed by atoms with Gasteiger partial charge in [-0.3, -0.25) is 4.90 Å². The fourth-order valence-corrected chi connectivity index (χ4v) is 8.94. The minimum atomic E-state index is -1.10. The normalized spacial score (nSPS) is 14.1. The zero-order valence-corrected chi connectivity index (χ0v) is 36.5. The highest BCUT2D eigenvalue weighted by molar-refractivity contribution is 7.22. The Morgan fingerprint density at radius 3 is 2.54 bits per heavy atom. The number of carboxylic acid groups (broad SMARTS) is 1. The van der Waals surface area contributed by atoms with Crippen LogP contribution in [0.15, 0.2) is 48.5 Å². The largest absolute Gasteiger partial charge is 0.491 e. The molecule has 13 nitrogen and oxygen atoms in total. The Balaban J connectivity index is 1.22. The average Bonchev–Trinajstić information content (AvgIpc) is 3.83. The molecule has 1 atom stereocenters. The molecule has 1 aliphatic rings. The van der Waals surface area contributed by atoms with Crippen LogP contribution in [-0.4, -0.2) is 131 Å². The SMILES string of the molecule is CCCN(C(CC)CCN(c1cc(C)c(Nc2nc3ccccc3s2)nn1)c1nc(C(=O)O)c(CCCOc2ccc(C#CCN(C)C)cc2F)s1)N1CCN(C)CC1. The summed E-state index contributed by atoms with van der Waals surface area (Å²) in [6.45, 7) is 12.7. The first-order valence-corrected chi connectivity index (χ1v) is 21.9. The Labute approximate surface area is 354 Å². The van der Waals surface area contributed by atoms with E-state index in [1.165, 1.54) is 17.4 Å². The molecule has 3 aromatic heterocycles. The third-order valence-electron chi connectivity index (χ3n) is 10.1. The molecule has 1 unspecified atom stereocenters. The number of aromatic nitrogens is 4. The molecule has 5 aromatic rings. The maximum atomic E-state index is 14.9. The molecule has 1 aliphatic heterocycles. The standard InChI is InChI=1S/C43H55FN10O3S2/c1-7-20-54(52-25-23-51(6)24-26-52)32(8-2)19-22-53(38-28-30(3)40(49-48-38)47-42-45-34-14-9-10-15-36(34)58-42)43-46-39(41(55)56)37(59-43)16-12-27-57-35-18-17-31(29-33(35)44)13-11-21-50(4)5/h9-10,14-15,17-18,28-29,32H,7-8,12,16,19-27H2,1-6H3,(H,55,56)(H,45,47,49). The quantitative estimate of drug-likeness (QED) is 0.0629. The van der Waals surface area contributed by atoms with Crippen molar-refractivity contribution in [1.29, 1.82) is 0 Å². The zero-order chi connectivity index (χ0) is 41.9. The second-order valence-electron chi connectivity index (χ2n) is 15.0. The lowest BCUT2D eigenvalue weighted by Crippen LogP contribution is -2.56. The Morgan fingerprint density at radius 2 is 1.85 bits per heavy atom. The molecule has 0 saturated carbocycles. The number of hydrazine groups is 1. The maximum absolute atomic E-state index is 14.9. The van der Waals surface area contributed by atoms with Gasteiger partial charge in [-0.15, -0.1) is 21.5 Å². The molecular weight excluding hydrogens is 788 g/mol. The third-order valence-corrected chi connectivity index (χ3v) is 12.2. The molecule has 6 rings (SSSR count). The second-order valence-corrected chi connectivity index (χ2v) is 17.1. The average molecular weight is 843 g/mol. The lowest BCUT2D eigenvalue weighted by Gasteiger charge is -2.44. The number of para-hydroxylation sites is 1. The van der Waals surface area contributed by atoms with Crippen LogP contribution in [0.3, 0.4) is 0 Å². The molecule has 16 heteroatoms. The van der Waals surface area contributed by atoms with Crippen LogP contribution in [0, 0.1) is 24.6 Å². The monoisotopic (exact) mass is 842 g/mol. The summed E-state index contributed by atoms with van der Waals surface area (Å²) in [6.07, 6.45) is 3.64. The number of hydrogen-bond acceptors (Lipinski definition) is 14. The first-order valence-electron chi connectivity index (χ1n) is 20.3. The van der Waals surface area contributed by atoms with Crippen LogP contribution in [0.1, 0.15) is 66.0 Å². The van der Waals surface area contributed by atoms with Crippen LogP contribution in [0.2, 0.25) is 0 Å². The van der Waals surface area contributed by atoms with Crippen LogP contribution in [0.25, 0.3) is 10.2 Å². The summed E-state index contributed by atoms with van der Waals surface area (Å²) in [5.41, 5.74) is 2.35. The van der Waals surface area contributed by atoms with Gasteiger partial charge in [-0.2, -0.15) is 0 Å². The number of anilines is 4. The fourth-order valence-electron chi connectivity index (χ4n) is 6.94. The number of aryl methyl sites for hydroxylation is 2. The number of hydrogen-bond donors (Lipinski definition) is 2. The number of fused-ring (bicyclic) bond motifs is 1. The van der Waals surface area contributed by atoms with Gasteiger partial charge in [0, 0.05) is 55.8 Å². The van der Waals surface area contributed by atoms with Crippen LogP contribution in [0.5, 0.6) is 5.75 Å². The molecule has 0 aliphatic carbocycles. The smallest absolute Gasteiger partial charge is 0.355 e. The first kappa shape index (κ1) is 43.8. The molecule has 0 radical (unpaired) electrons. The Hall–Kier alpha value is -4.76. The number of aromatic carboxylic acids is 1. The molecule has 59 heavy (non-hydrogen) atoms. The van der Waals surface area contributed by atoms with Gasteiger partial charge in [0.1, 0.15) is 0 Å². The molecule has 0 spiro atoms. The van der Waals surface area contributed by atoms with E-state index >= 15 is 0 Å². The van der Waals surface area contributed by atoms with Crippen molar-refractivity contribution in [1.82, 2.24) is 40.0 Å². The van der Waals surface area contributed by atoms with E-state index in [4.69, 9.17) is 19.8 Å². The lowest BCUT2D eigenvalue weighted by atomic mass is 10.1. The van der Waals surface area contributed by atoms with Gasteiger partial charge in [-0.1, -0.05) is 49.2 Å². The van der Waals surface area contributed by atoms with Gasteiger partial charge >= 0.3 is 5.97 Å². The number of nitrogens with one attached hydrogen (secondary N) is 1. The maximum Gasteiger partial charge on any atom is 0.355 e. The van der Waals surface area contributed by atoms with E-state index in [1.54, 1.807) is 23.5 Å². The van der Waals surface area contributed by atoms with E-state index in [9.17, 15) is 14.3 Å². The predicted octanol–water partition coefficient (Wildman–Crippen LogP) is 7.54. The number of likely N-dealkylation sites (N-methyl/N-ethyl adjacent to an activating group) is 1. The highest BCUT2D eigenvalue weighted by atomic mass is 32.1. The Kier molecular flexibility index (Phi) is 15.6. The molecule has 4 heterocycles. The number of nitrogens with zero attached hydrogens (tertiary/aromatic N) is 9. The van der Waals surface area contributed by atoms with Crippen LogP contribution in [0.4, 0.5) is 26.3 Å².